The molecule has 1 aliphatic rings. The Morgan fingerprint density at radius 3 is 2.92 bits per heavy atom. The van der Waals surface area contributed by atoms with Crippen molar-refractivity contribution in [2.24, 2.45) is 0 Å². The molecule has 1 aliphatic heterocycles. The Kier molecular flexibility index (Phi) is 4.71. The summed E-state index contributed by atoms with van der Waals surface area (Å²) in [5.41, 5.74) is 4.26. The van der Waals surface area contributed by atoms with E-state index in [0.717, 1.165) is 54.2 Å². The lowest BCUT2D eigenvalue weighted by atomic mass is 10.1. The maximum Gasteiger partial charge on any atom is 0.124 e. The van der Waals surface area contributed by atoms with Gasteiger partial charge in [0.1, 0.15) is 17.6 Å². The Bertz CT molecular complexity index is 907. The number of ether oxygens (including phenoxy) is 2. The topological polar surface area (TPSA) is 47.5 Å². The lowest BCUT2D eigenvalue weighted by Gasteiger charge is -2.23. The highest BCUT2D eigenvalue weighted by Crippen LogP contribution is 2.30. The molecule has 0 spiro atoms. The van der Waals surface area contributed by atoms with Crippen LogP contribution in [0, 0.1) is 0 Å². The first-order valence-electron chi connectivity index (χ1n) is 9.01. The zero-order valence-corrected chi connectivity index (χ0v) is 15.2. The summed E-state index contributed by atoms with van der Waals surface area (Å²) < 4.78 is 11.6. The molecule has 0 radical (unpaired) electrons. The zero-order chi connectivity index (χ0) is 17.9. The van der Waals surface area contributed by atoms with Crippen LogP contribution in [0.2, 0.25) is 0 Å². The second-order valence-corrected chi connectivity index (χ2v) is 6.63. The van der Waals surface area contributed by atoms with Gasteiger partial charge in [-0.1, -0.05) is 19.1 Å². The first-order chi connectivity index (χ1) is 12.8. The predicted octanol–water partition coefficient (Wildman–Crippen LogP) is 3.81. The van der Waals surface area contributed by atoms with Crippen molar-refractivity contribution in [3.8, 4) is 11.5 Å². The van der Waals surface area contributed by atoms with Gasteiger partial charge in [0, 0.05) is 37.6 Å². The van der Waals surface area contributed by atoms with Crippen LogP contribution >= 0.6 is 0 Å². The third kappa shape index (κ3) is 3.35. The standard InChI is InChI=1S/C21H23N3O2/c1-3-17-14-24(13-16-11-18(25-2)7-8-20(16)26-17)12-15-5-4-6-19-21(15)23-10-9-22-19/h4-11,17H,3,12-14H2,1-2H3. The average molecular weight is 349 g/mol. The molecule has 5 nitrogen and oxygen atoms in total. The Morgan fingerprint density at radius 1 is 1.19 bits per heavy atom. The maximum atomic E-state index is 6.24. The average Bonchev–Trinajstić information content (AvgIpc) is 2.86. The highest BCUT2D eigenvalue weighted by atomic mass is 16.5. The summed E-state index contributed by atoms with van der Waals surface area (Å²) in [4.78, 5) is 11.4. The van der Waals surface area contributed by atoms with Crippen LogP contribution in [0.4, 0.5) is 0 Å². The molecule has 0 amide bonds. The van der Waals surface area contributed by atoms with Gasteiger partial charge >= 0.3 is 0 Å². The van der Waals surface area contributed by atoms with Crippen LogP contribution in [-0.4, -0.2) is 34.6 Å². The molecule has 0 saturated heterocycles. The Morgan fingerprint density at radius 2 is 2.08 bits per heavy atom. The molecular formula is C21H23N3O2. The summed E-state index contributed by atoms with van der Waals surface area (Å²) in [6.45, 7) is 4.68. The van der Waals surface area contributed by atoms with E-state index in [0.29, 0.717) is 0 Å². The number of rotatable bonds is 4. The van der Waals surface area contributed by atoms with Crippen LogP contribution in [-0.2, 0) is 13.1 Å². The van der Waals surface area contributed by atoms with Crippen molar-refractivity contribution in [3.63, 3.8) is 0 Å². The Balaban J connectivity index is 1.66. The van der Waals surface area contributed by atoms with Crippen molar-refractivity contribution in [1.82, 2.24) is 14.9 Å². The monoisotopic (exact) mass is 349 g/mol. The number of hydrogen-bond donors (Lipinski definition) is 0. The van der Waals surface area contributed by atoms with Crippen molar-refractivity contribution in [1.29, 1.82) is 0 Å². The molecular weight excluding hydrogens is 326 g/mol. The third-order valence-electron chi connectivity index (χ3n) is 4.85. The smallest absolute Gasteiger partial charge is 0.124 e. The summed E-state index contributed by atoms with van der Waals surface area (Å²) in [5, 5.41) is 0. The van der Waals surface area contributed by atoms with E-state index in [4.69, 9.17) is 9.47 Å². The second-order valence-electron chi connectivity index (χ2n) is 6.63. The van der Waals surface area contributed by atoms with Crippen molar-refractivity contribution >= 4 is 11.0 Å². The van der Waals surface area contributed by atoms with Gasteiger partial charge in [-0.05, 0) is 36.2 Å². The lowest BCUT2D eigenvalue weighted by molar-refractivity contribution is 0.139. The molecule has 1 atom stereocenters. The van der Waals surface area contributed by atoms with E-state index in [9.17, 15) is 0 Å². The summed E-state index contributed by atoms with van der Waals surface area (Å²) in [6.07, 6.45) is 4.64. The van der Waals surface area contributed by atoms with Gasteiger partial charge in [0.2, 0.25) is 0 Å². The van der Waals surface area contributed by atoms with Crippen LogP contribution in [0.3, 0.4) is 0 Å². The van der Waals surface area contributed by atoms with Crippen LogP contribution in [0.1, 0.15) is 24.5 Å². The third-order valence-corrected chi connectivity index (χ3v) is 4.85. The van der Waals surface area contributed by atoms with E-state index in [1.807, 2.05) is 18.2 Å². The molecule has 2 heterocycles. The van der Waals surface area contributed by atoms with E-state index in [2.05, 4.69) is 40.0 Å². The predicted molar refractivity (Wildman–Crippen MR) is 101 cm³/mol. The minimum absolute atomic E-state index is 0.172. The largest absolute Gasteiger partial charge is 0.497 e. The molecule has 0 N–H and O–H groups in total. The number of fused-ring (bicyclic) bond motifs is 2. The van der Waals surface area contributed by atoms with Gasteiger partial charge in [-0.2, -0.15) is 0 Å². The number of benzene rings is 2. The van der Waals surface area contributed by atoms with Gasteiger partial charge in [-0.25, -0.2) is 0 Å². The summed E-state index contributed by atoms with van der Waals surface area (Å²) >= 11 is 0. The number of aromatic nitrogens is 2. The lowest BCUT2D eigenvalue weighted by Crippen LogP contribution is -2.32. The molecule has 1 aromatic heterocycles. The van der Waals surface area contributed by atoms with Crippen LogP contribution in [0.15, 0.2) is 48.8 Å². The normalized spacial score (nSPS) is 17.4. The van der Waals surface area contributed by atoms with Crippen molar-refractivity contribution in [2.75, 3.05) is 13.7 Å². The molecule has 3 aromatic rings. The number of hydrogen-bond acceptors (Lipinski definition) is 5. The van der Waals surface area contributed by atoms with Crippen molar-refractivity contribution in [2.45, 2.75) is 32.5 Å². The summed E-state index contributed by atoms with van der Waals surface area (Å²) in [6, 6.07) is 12.2. The van der Waals surface area contributed by atoms with Crippen LogP contribution < -0.4 is 9.47 Å². The van der Waals surface area contributed by atoms with Gasteiger partial charge in [0.25, 0.3) is 0 Å². The molecule has 2 aromatic carbocycles. The minimum atomic E-state index is 0.172. The summed E-state index contributed by atoms with van der Waals surface area (Å²) in [5.74, 6) is 1.82. The molecule has 26 heavy (non-hydrogen) atoms. The van der Waals surface area contributed by atoms with Crippen molar-refractivity contribution < 1.29 is 9.47 Å². The van der Waals surface area contributed by atoms with Crippen LogP contribution in [0.5, 0.6) is 11.5 Å². The molecule has 4 rings (SSSR count). The minimum Gasteiger partial charge on any atom is -0.497 e. The molecule has 1 unspecified atom stereocenters. The van der Waals surface area contributed by atoms with Gasteiger partial charge in [0.15, 0.2) is 0 Å². The molecule has 5 heteroatoms. The van der Waals surface area contributed by atoms with E-state index in [1.54, 1.807) is 19.5 Å². The summed E-state index contributed by atoms with van der Waals surface area (Å²) in [7, 11) is 1.70. The molecule has 0 saturated carbocycles. The highest BCUT2D eigenvalue weighted by molar-refractivity contribution is 5.77. The quantitative estimate of drug-likeness (QED) is 0.717. The van der Waals surface area contributed by atoms with E-state index >= 15 is 0 Å². The number of para-hydroxylation sites is 1. The fourth-order valence-electron chi connectivity index (χ4n) is 3.49. The zero-order valence-electron chi connectivity index (χ0n) is 15.2. The number of nitrogens with zero attached hydrogens (tertiary/aromatic N) is 3. The highest BCUT2D eigenvalue weighted by Gasteiger charge is 2.23. The van der Waals surface area contributed by atoms with Crippen molar-refractivity contribution in [3.05, 3.63) is 59.9 Å². The SMILES string of the molecule is CCC1CN(Cc2cccc3nccnc23)Cc2cc(OC)ccc2O1. The van der Waals surface area contributed by atoms with Gasteiger partial charge < -0.3 is 9.47 Å². The maximum absolute atomic E-state index is 6.24. The van der Waals surface area contributed by atoms with E-state index in [1.165, 1.54) is 5.56 Å². The first kappa shape index (κ1) is 16.8. The van der Waals surface area contributed by atoms with Crippen LogP contribution in [0.25, 0.3) is 11.0 Å². The fourth-order valence-corrected chi connectivity index (χ4v) is 3.49. The Hall–Kier alpha value is -2.66. The van der Waals surface area contributed by atoms with Gasteiger partial charge in [-0.15, -0.1) is 0 Å². The first-order valence-corrected chi connectivity index (χ1v) is 9.01. The molecule has 0 aliphatic carbocycles. The second kappa shape index (κ2) is 7.30. The molecule has 134 valence electrons. The van der Waals surface area contributed by atoms with Gasteiger partial charge in [0.05, 0.1) is 18.1 Å². The Labute approximate surface area is 153 Å². The molecule has 0 bridgehead atoms. The van der Waals surface area contributed by atoms with Gasteiger partial charge in [-0.3, -0.25) is 14.9 Å². The number of methoxy groups -OCH3 is 1. The molecule has 0 fully saturated rings. The van der Waals surface area contributed by atoms with E-state index in [-0.39, 0.29) is 6.10 Å². The fraction of sp³-hybridized carbons (Fsp3) is 0.333. The van der Waals surface area contributed by atoms with E-state index < -0.39 is 0 Å².